The Hall–Kier alpha value is -1.59. The predicted octanol–water partition coefficient (Wildman–Crippen LogP) is 0.705. The summed E-state index contributed by atoms with van der Waals surface area (Å²) in [5.41, 5.74) is 0.893. The zero-order chi connectivity index (χ0) is 14.1. The molecule has 0 aromatic heterocycles. The molecular formula is C14H21NO4. The first-order valence-corrected chi connectivity index (χ1v) is 6.21. The van der Waals surface area contributed by atoms with E-state index in [1.54, 1.807) is 19.1 Å². The molecule has 0 aliphatic rings. The molecule has 0 atom stereocenters. The molecule has 0 unspecified atom stereocenters. The van der Waals surface area contributed by atoms with E-state index >= 15 is 0 Å². The summed E-state index contributed by atoms with van der Waals surface area (Å²) >= 11 is 0. The third-order valence-electron chi connectivity index (χ3n) is 2.78. The van der Waals surface area contributed by atoms with E-state index in [1.807, 2.05) is 24.3 Å². The highest BCUT2D eigenvalue weighted by Crippen LogP contribution is 2.13. The maximum absolute atomic E-state index is 12.1. The number of rotatable bonds is 8. The molecule has 5 nitrogen and oxygen atoms in total. The molecule has 0 radical (unpaired) electrons. The number of hydrogen-bond acceptors (Lipinski definition) is 4. The van der Waals surface area contributed by atoms with Gasteiger partial charge in [0.15, 0.2) is 0 Å². The second-order valence-electron chi connectivity index (χ2n) is 4.13. The third kappa shape index (κ3) is 5.28. The van der Waals surface area contributed by atoms with E-state index in [1.165, 1.54) is 0 Å². The Morgan fingerprint density at radius 2 is 2.11 bits per heavy atom. The van der Waals surface area contributed by atoms with Crippen LogP contribution in [0.2, 0.25) is 0 Å². The number of hydrogen-bond donors (Lipinski definition) is 1. The first kappa shape index (κ1) is 15.5. The zero-order valence-corrected chi connectivity index (χ0v) is 11.5. The molecule has 19 heavy (non-hydrogen) atoms. The topological polar surface area (TPSA) is 59.0 Å². The Balaban J connectivity index is 2.63. The standard InChI is InChI=1S/C14H21NO4/c1-18-9-7-15(6-8-16)14(17)11-12-4-3-5-13(10-12)19-2/h3-5,10,16H,6-9,11H2,1-2H3. The van der Waals surface area contributed by atoms with Gasteiger partial charge in [0.05, 0.1) is 26.7 Å². The lowest BCUT2D eigenvalue weighted by molar-refractivity contribution is -0.131. The van der Waals surface area contributed by atoms with Crippen LogP contribution in [0.1, 0.15) is 5.56 Å². The van der Waals surface area contributed by atoms with Crippen LogP contribution in [0.3, 0.4) is 0 Å². The Labute approximate surface area is 113 Å². The monoisotopic (exact) mass is 267 g/mol. The van der Waals surface area contributed by atoms with Crippen molar-refractivity contribution in [2.24, 2.45) is 0 Å². The number of aliphatic hydroxyl groups excluding tert-OH is 1. The highest BCUT2D eigenvalue weighted by atomic mass is 16.5. The summed E-state index contributed by atoms with van der Waals surface area (Å²) in [4.78, 5) is 13.7. The quantitative estimate of drug-likeness (QED) is 0.753. The van der Waals surface area contributed by atoms with E-state index in [0.717, 1.165) is 11.3 Å². The minimum atomic E-state index is -0.0481. The lowest BCUT2D eigenvalue weighted by Gasteiger charge is -2.21. The van der Waals surface area contributed by atoms with E-state index < -0.39 is 0 Å². The van der Waals surface area contributed by atoms with Crippen molar-refractivity contribution in [3.8, 4) is 5.75 Å². The van der Waals surface area contributed by atoms with E-state index in [9.17, 15) is 4.79 Å². The molecule has 0 aliphatic carbocycles. The summed E-state index contributed by atoms with van der Waals surface area (Å²) in [6.45, 7) is 1.23. The number of nitrogens with zero attached hydrogens (tertiary/aromatic N) is 1. The molecular weight excluding hydrogens is 246 g/mol. The van der Waals surface area contributed by atoms with Crippen molar-refractivity contribution in [2.75, 3.05) is 40.5 Å². The molecule has 106 valence electrons. The second-order valence-corrected chi connectivity index (χ2v) is 4.13. The molecule has 1 N–H and O–H groups in total. The van der Waals surface area contributed by atoms with Crippen molar-refractivity contribution in [1.29, 1.82) is 0 Å². The molecule has 5 heteroatoms. The van der Waals surface area contributed by atoms with Crippen LogP contribution in [0.4, 0.5) is 0 Å². The fourth-order valence-electron chi connectivity index (χ4n) is 1.75. The van der Waals surface area contributed by atoms with Crippen LogP contribution in [0.15, 0.2) is 24.3 Å². The van der Waals surface area contributed by atoms with Gasteiger partial charge < -0.3 is 19.5 Å². The van der Waals surface area contributed by atoms with Crippen LogP contribution in [0.5, 0.6) is 5.75 Å². The molecule has 0 bridgehead atoms. The molecule has 1 aromatic carbocycles. The summed E-state index contributed by atoms with van der Waals surface area (Å²) in [6, 6.07) is 7.41. The summed E-state index contributed by atoms with van der Waals surface area (Å²) in [6.07, 6.45) is 0.293. The summed E-state index contributed by atoms with van der Waals surface area (Å²) in [5, 5.41) is 8.98. The third-order valence-corrected chi connectivity index (χ3v) is 2.78. The van der Waals surface area contributed by atoms with Crippen molar-refractivity contribution in [3.05, 3.63) is 29.8 Å². The molecule has 0 heterocycles. The first-order valence-electron chi connectivity index (χ1n) is 6.21. The van der Waals surface area contributed by atoms with Gasteiger partial charge in [0, 0.05) is 20.2 Å². The maximum Gasteiger partial charge on any atom is 0.227 e. The zero-order valence-electron chi connectivity index (χ0n) is 11.5. The Morgan fingerprint density at radius 1 is 1.32 bits per heavy atom. The molecule has 0 aliphatic heterocycles. The van der Waals surface area contributed by atoms with Crippen molar-refractivity contribution >= 4 is 5.91 Å². The van der Waals surface area contributed by atoms with E-state index in [0.29, 0.717) is 26.1 Å². The van der Waals surface area contributed by atoms with Gasteiger partial charge in [-0.2, -0.15) is 0 Å². The number of carbonyl (C=O) groups is 1. The van der Waals surface area contributed by atoms with E-state index in [-0.39, 0.29) is 12.5 Å². The van der Waals surface area contributed by atoms with Gasteiger partial charge in [-0.3, -0.25) is 4.79 Å². The molecule has 1 rings (SSSR count). The van der Waals surface area contributed by atoms with Crippen LogP contribution >= 0.6 is 0 Å². The number of carbonyl (C=O) groups excluding carboxylic acids is 1. The molecule has 0 saturated carbocycles. The van der Waals surface area contributed by atoms with Gasteiger partial charge >= 0.3 is 0 Å². The molecule has 0 fully saturated rings. The Bertz CT molecular complexity index is 395. The number of benzene rings is 1. The van der Waals surface area contributed by atoms with Crippen molar-refractivity contribution < 1.29 is 19.4 Å². The summed E-state index contributed by atoms with van der Waals surface area (Å²) in [5.74, 6) is 0.704. The Morgan fingerprint density at radius 3 is 2.74 bits per heavy atom. The highest BCUT2D eigenvalue weighted by molar-refractivity contribution is 5.78. The van der Waals surface area contributed by atoms with Gasteiger partial charge in [-0.05, 0) is 17.7 Å². The average molecular weight is 267 g/mol. The van der Waals surface area contributed by atoms with Crippen LogP contribution < -0.4 is 4.74 Å². The largest absolute Gasteiger partial charge is 0.497 e. The van der Waals surface area contributed by atoms with Crippen molar-refractivity contribution in [1.82, 2.24) is 4.90 Å². The number of ether oxygens (including phenoxy) is 2. The summed E-state index contributed by atoms with van der Waals surface area (Å²) < 4.78 is 10.1. The number of aliphatic hydroxyl groups is 1. The molecule has 1 amide bonds. The lowest BCUT2D eigenvalue weighted by Crippen LogP contribution is -2.37. The second kappa shape index (κ2) is 8.50. The summed E-state index contributed by atoms with van der Waals surface area (Å²) in [7, 11) is 3.18. The van der Waals surface area contributed by atoms with Gasteiger partial charge in [0.1, 0.15) is 5.75 Å². The minimum Gasteiger partial charge on any atom is -0.497 e. The number of methoxy groups -OCH3 is 2. The maximum atomic E-state index is 12.1. The number of amides is 1. The van der Waals surface area contributed by atoms with Gasteiger partial charge in [-0.25, -0.2) is 0 Å². The van der Waals surface area contributed by atoms with Gasteiger partial charge in [-0.15, -0.1) is 0 Å². The van der Waals surface area contributed by atoms with Crippen LogP contribution in [0, 0.1) is 0 Å². The van der Waals surface area contributed by atoms with Gasteiger partial charge in [-0.1, -0.05) is 12.1 Å². The smallest absolute Gasteiger partial charge is 0.227 e. The van der Waals surface area contributed by atoms with Gasteiger partial charge in [0.2, 0.25) is 5.91 Å². The Kier molecular flexibility index (Phi) is 6.92. The first-order chi connectivity index (χ1) is 9.21. The fourth-order valence-corrected chi connectivity index (χ4v) is 1.75. The van der Waals surface area contributed by atoms with Gasteiger partial charge in [0.25, 0.3) is 0 Å². The lowest BCUT2D eigenvalue weighted by atomic mass is 10.1. The molecule has 0 spiro atoms. The van der Waals surface area contributed by atoms with Crippen molar-refractivity contribution in [3.63, 3.8) is 0 Å². The molecule has 0 saturated heterocycles. The van der Waals surface area contributed by atoms with Crippen LogP contribution in [0.25, 0.3) is 0 Å². The fraction of sp³-hybridized carbons (Fsp3) is 0.500. The van der Waals surface area contributed by atoms with E-state index in [4.69, 9.17) is 14.6 Å². The van der Waals surface area contributed by atoms with Crippen LogP contribution in [-0.4, -0.2) is 56.4 Å². The van der Waals surface area contributed by atoms with E-state index in [2.05, 4.69) is 0 Å². The van der Waals surface area contributed by atoms with Crippen molar-refractivity contribution in [2.45, 2.75) is 6.42 Å². The van der Waals surface area contributed by atoms with Crippen LogP contribution in [-0.2, 0) is 16.0 Å². The SMILES string of the molecule is COCCN(CCO)C(=O)Cc1cccc(OC)c1. The minimum absolute atomic E-state index is 0.0284. The highest BCUT2D eigenvalue weighted by Gasteiger charge is 2.13. The normalized spacial score (nSPS) is 10.3. The predicted molar refractivity (Wildman–Crippen MR) is 72.2 cm³/mol. The average Bonchev–Trinajstić information content (AvgIpc) is 2.43. The molecule has 1 aromatic rings.